The fourth-order valence-electron chi connectivity index (χ4n) is 3.53. The molecule has 1 atom stereocenters. The van der Waals surface area contributed by atoms with Gasteiger partial charge in [-0.3, -0.25) is 14.3 Å². The number of likely N-dealkylation sites (tertiary alicyclic amines) is 1. The first-order valence-corrected chi connectivity index (χ1v) is 9.35. The van der Waals surface area contributed by atoms with Crippen LogP contribution in [0.5, 0.6) is 0 Å². The molecule has 0 aliphatic carbocycles. The summed E-state index contributed by atoms with van der Waals surface area (Å²) in [5.74, 6) is -0.516. The van der Waals surface area contributed by atoms with Crippen molar-refractivity contribution in [3.63, 3.8) is 0 Å². The molecule has 0 radical (unpaired) electrons. The van der Waals surface area contributed by atoms with Crippen molar-refractivity contribution in [2.75, 3.05) is 18.4 Å². The Morgan fingerprint density at radius 1 is 1.22 bits per heavy atom. The van der Waals surface area contributed by atoms with Crippen LogP contribution in [-0.2, 0) is 11.5 Å². The van der Waals surface area contributed by atoms with E-state index in [4.69, 9.17) is 16.0 Å². The summed E-state index contributed by atoms with van der Waals surface area (Å²) in [4.78, 5) is 26.9. The Morgan fingerprint density at radius 3 is 2.85 bits per heavy atom. The van der Waals surface area contributed by atoms with E-state index in [1.807, 2.05) is 30.3 Å². The molecule has 27 heavy (non-hydrogen) atoms. The van der Waals surface area contributed by atoms with Crippen molar-refractivity contribution in [2.24, 2.45) is 5.92 Å². The van der Waals surface area contributed by atoms with E-state index < -0.39 is 5.76 Å². The molecule has 2 heterocycles. The summed E-state index contributed by atoms with van der Waals surface area (Å²) < 4.78 is 6.86. The number of fused-ring (bicyclic) bond motifs is 1. The molecule has 2 aromatic carbocycles. The van der Waals surface area contributed by atoms with E-state index in [0.29, 0.717) is 29.3 Å². The van der Waals surface area contributed by atoms with Crippen molar-refractivity contribution in [3.05, 3.63) is 64.1 Å². The van der Waals surface area contributed by atoms with Crippen LogP contribution in [0.1, 0.15) is 12.8 Å². The van der Waals surface area contributed by atoms with E-state index in [0.717, 1.165) is 25.1 Å². The van der Waals surface area contributed by atoms with Crippen LogP contribution in [0.4, 0.5) is 5.69 Å². The largest absolute Gasteiger partial charge is 0.421 e. The average molecular weight is 386 g/mol. The van der Waals surface area contributed by atoms with Gasteiger partial charge in [0, 0.05) is 17.3 Å². The van der Waals surface area contributed by atoms with E-state index in [1.165, 1.54) is 0 Å². The molecule has 1 aliphatic heterocycles. The predicted octanol–water partition coefficient (Wildman–Crippen LogP) is 3.56. The van der Waals surface area contributed by atoms with Crippen molar-refractivity contribution in [1.29, 1.82) is 0 Å². The molecular weight excluding hydrogens is 366 g/mol. The van der Waals surface area contributed by atoms with Gasteiger partial charge in [0.15, 0.2) is 5.58 Å². The number of rotatable bonds is 4. The highest BCUT2D eigenvalue weighted by atomic mass is 35.5. The van der Waals surface area contributed by atoms with Gasteiger partial charge in [-0.25, -0.2) is 4.79 Å². The highest BCUT2D eigenvalue weighted by Crippen LogP contribution is 2.22. The van der Waals surface area contributed by atoms with Crippen molar-refractivity contribution in [1.82, 2.24) is 9.47 Å². The van der Waals surface area contributed by atoms with Gasteiger partial charge >= 0.3 is 5.76 Å². The summed E-state index contributed by atoms with van der Waals surface area (Å²) in [7, 11) is 0. The van der Waals surface area contributed by atoms with Crippen LogP contribution < -0.4 is 11.1 Å². The normalized spacial score (nSPS) is 17.9. The molecule has 1 N–H and O–H groups in total. The summed E-state index contributed by atoms with van der Waals surface area (Å²) >= 11 is 6.06. The third-order valence-electron chi connectivity index (χ3n) is 4.89. The van der Waals surface area contributed by atoms with Crippen LogP contribution in [0.15, 0.2) is 57.7 Å². The van der Waals surface area contributed by atoms with E-state index >= 15 is 0 Å². The fourth-order valence-corrected chi connectivity index (χ4v) is 3.70. The average Bonchev–Trinajstić information content (AvgIpc) is 2.98. The lowest BCUT2D eigenvalue weighted by Gasteiger charge is -2.31. The summed E-state index contributed by atoms with van der Waals surface area (Å²) in [6.07, 6.45) is 1.74. The highest BCUT2D eigenvalue weighted by molar-refractivity contribution is 6.31. The second-order valence-corrected chi connectivity index (χ2v) is 7.26. The number of nitrogens with one attached hydrogen (secondary N) is 1. The number of aromatic nitrogens is 1. The van der Waals surface area contributed by atoms with E-state index in [9.17, 15) is 9.59 Å². The summed E-state index contributed by atoms with van der Waals surface area (Å²) in [5, 5.41) is 3.52. The molecule has 140 valence electrons. The Morgan fingerprint density at radius 2 is 2.04 bits per heavy atom. The van der Waals surface area contributed by atoms with E-state index in [1.54, 1.807) is 22.8 Å². The summed E-state index contributed by atoms with van der Waals surface area (Å²) in [6.45, 7) is 1.80. The number of halogens is 1. The van der Waals surface area contributed by atoms with Crippen LogP contribution in [-0.4, -0.2) is 28.5 Å². The molecule has 4 rings (SSSR count). The summed E-state index contributed by atoms with van der Waals surface area (Å²) in [6, 6.07) is 14.6. The second-order valence-electron chi connectivity index (χ2n) is 6.82. The number of carbonyl (C=O) groups excluding carboxylic acids is 1. The molecule has 1 amide bonds. The Balaban J connectivity index is 1.47. The van der Waals surface area contributed by atoms with Crippen LogP contribution in [0, 0.1) is 5.92 Å². The van der Waals surface area contributed by atoms with Crippen molar-refractivity contribution in [2.45, 2.75) is 19.5 Å². The number of benzene rings is 2. The minimum atomic E-state index is -0.414. The second kappa shape index (κ2) is 7.58. The maximum absolute atomic E-state index is 12.6. The maximum atomic E-state index is 12.6. The number of hydrogen-bond acceptors (Lipinski definition) is 4. The van der Waals surface area contributed by atoms with Gasteiger partial charge in [0.1, 0.15) is 0 Å². The third kappa shape index (κ3) is 3.91. The van der Waals surface area contributed by atoms with Crippen LogP contribution >= 0.6 is 11.6 Å². The lowest BCUT2D eigenvalue weighted by atomic mass is 9.97. The lowest BCUT2D eigenvalue weighted by Crippen LogP contribution is -2.42. The number of oxazole rings is 1. The number of amides is 1. The zero-order valence-corrected chi connectivity index (χ0v) is 15.5. The van der Waals surface area contributed by atoms with Gasteiger partial charge in [-0.2, -0.15) is 0 Å². The molecule has 7 heteroatoms. The predicted molar refractivity (Wildman–Crippen MR) is 105 cm³/mol. The maximum Gasteiger partial charge on any atom is 0.421 e. The Labute approximate surface area is 161 Å². The van der Waals surface area contributed by atoms with E-state index in [2.05, 4.69) is 10.2 Å². The number of nitrogens with zero attached hydrogens (tertiary/aromatic N) is 2. The molecule has 1 unspecified atom stereocenters. The van der Waals surface area contributed by atoms with Gasteiger partial charge in [-0.1, -0.05) is 29.8 Å². The Hall–Kier alpha value is -2.57. The quantitative estimate of drug-likeness (QED) is 0.745. The van der Waals surface area contributed by atoms with Crippen molar-refractivity contribution >= 4 is 34.3 Å². The topological polar surface area (TPSA) is 67.5 Å². The SMILES string of the molecule is O=C(Nc1ccccc1)C1CCCN(Cn2c(=O)oc3ccc(Cl)cc32)C1. The minimum absolute atomic E-state index is 0.0124. The van der Waals surface area contributed by atoms with Gasteiger partial charge in [0.2, 0.25) is 5.91 Å². The molecule has 0 spiro atoms. The van der Waals surface area contributed by atoms with Gasteiger partial charge in [-0.05, 0) is 49.7 Å². The molecule has 1 aliphatic rings. The Bertz CT molecular complexity index is 1010. The zero-order valence-electron chi connectivity index (χ0n) is 14.7. The van der Waals surface area contributed by atoms with Crippen LogP contribution in [0.3, 0.4) is 0 Å². The zero-order chi connectivity index (χ0) is 18.8. The minimum Gasteiger partial charge on any atom is -0.408 e. The number of hydrogen-bond donors (Lipinski definition) is 1. The van der Waals surface area contributed by atoms with Gasteiger partial charge in [-0.15, -0.1) is 0 Å². The number of para-hydroxylation sites is 1. The van der Waals surface area contributed by atoms with Gasteiger partial charge in [0.25, 0.3) is 0 Å². The monoisotopic (exact) mass is 385 g/mol. The molecular formula is C20H20ClN3O3. The molecule has 3 aromatic rings. The molecule has 6 nitrogen and oxygen atoms in total. The van der Waals surface area contributed by atoms with Gasteiger partial charge < -0.3 is 9.73 Å². The molecule has 1 aromatic heterocycles. The summed E-state index contributed by atoms with van der Waals surface area (Å²) in [5.41, 5.74) is 1.98. The van der Waals surface area contributed by atoms with Crippen LogP contribution in [0.2, 0.25) is 5.02 Å². The smallest absolute Gasteiger partial charge is 0.408 e. The molecule has 0 saturated carbocycles. The number of anilines is 1. The van der Waals surface area contributed by atoms with Crippen molar-refractivity contribution < 1.29 is 9.21 Å². The first-order chi connectivity index (χ1) is 13.1. The van der Waals surface area contributed by atoms with E-state index in [-0.39, 0.29) is 11.8 Å². The molecule has 0 bridgehead atoms. The van der Waals surface area contributed by atoms with Crippen molar-refractivity contribution in [3.8, 4) is 0 Å². The molecule has 1 saturated heterocycles. The third-order valence-corrected chi connectivity index (χ3v) is 5.12. The van der Waals surface area contributed by atoms with Crippen LogP contribution in [0.25, 0.3) is 11.1 Å². The first-order valence-electron chi connectivity index (χ1n) is 8.97. The lowest BCUT2D eigenvalue weighted by molar-refractivity contribution is -0.121. The number of piperidine rings is 1. The Kier molecular flexibility index (Phi) is 5.01. The fraction of sp³-hybridized carbons (Fsp3) is 0.300. The molecule has 1 fully saturated rings. The number of carbonyl (C=O) groups is 1. The van der Waals surface area contributed by atoms with Gasteiger partial charge in [0.05, 0.1) is 18.1 Å². The highest BCUT2D eigenvalue weighted by Gasteiger charge is 2.26. The first kappa shape index (κ1) is 17.8. The standard InChI is InChI=1S/C20H20ClN3O3/c21-15-8-9-18-17(11-15)24(20(26)27-18)13-23-10-4-5-14(12-23)19(25)22-16-6-2-1-3-7-16/h1-3,6-9,11,14H,4-5,10,12-13H2,(H,22,25).